The maximum Gasteiger partial charge on any atom is 0.0398 e. The van der Waals surface area contributed by atoms with Crippen molar-refractivity contribution in [1.29, 1.82) is 0 Å². The molecule has 0 amide bonds. The van der Waals surface area contributed by atoms with E-state index in [0.29, 0.717) is 0 Å². The van der Waals surface area contributed by atoms with E-state index in [1.807, 2.05) is 11.8 Å². The van der Waals surface area contributed by atoms with E-state index < -0.39 is 0 Å². The molecule has 0 radical (unpaired) electrons. The Morgan fingerprint density at radius 1 is 1.24 bits per heavy atom. The van der Waals surface area contributed by atoms with E-state index >= 15 is 0 Å². The van der Waals surface area contributed by atoms with Crippen molar-refractivity contribution in [2.24, 2.45) is 5.73 Å². The topological polar surface area (TPSA) is 26.0 Å². The molecule has 17 heavy (non-hydrogen) atoms. The molecule has 0 spiro atoms. The molecule has 1 heterocycles. The van der Waals surface area contributed by atoms with Gasteiger partial charge in [0.2, 0.25) is 0 Å². The van der Waals surface area contributed by atoms with Crippen LogP contribution in [0.3, 0.4) is 0 Å². The lowest BCUT2D eigenvalue weighted by molar-refractivity contribution is 0.835. The molecule has 2 N–H and O–H groups in total. The Morgan fingerprint density at radius 3 is 2.53 bits per heavy atom. The van der Waals surface area contributed by atoms with E-state index in [4.69, 9.17) is 5.73 Å². The zero-order valence-electron chi connectivity index (χ0n) is 10.1. The smallest absolute Gasteiger partial charge is 0.0398 e. The highest BCUT2D eigenvalue weighted by atomic mass is 32.2. The van der Waals surface area contributed by atoms with Crippen molar-refractivity contribution in [3.05, 3.63) is 51.7 Å². The number of rotatable bonds is 4. The van der Waals surface area contributed by atoms with Gasteiger partial charge in [0.25, 0.3) is 0 Å². The largest absolute Gasteiger partial charge is 0.323 e. The first kappa shape index (κ1) is 12.7. The van der Waals surface area contributed by atoms with Crippen molar-refractivity contribution < 1.29 is 0 Å². The van der Waals surface area contributed by atoms with Crippen LogP contribution >= 0.6 is 23.1 Å². The van der Waals surface area contributed by atoms with E-state index in [1.165, 1.54) is 20.9 Å². The summed E-state index contributed by atoms with van der Waals surface area (Å²) in [6.07, 6.45) is 0. The van der Waals surface area contributed by atoms with Gasteiger partial charge in [-0.25, -0.2) is 0 Å². The monoisotopic (exact) mass is 263 g/mol. The van der Waals surface area contributed by atoms with Crippen molar-refractivity contribution in [2.75, 3.05) is 5.75 Å². The Balaban J connectivity index is 1.92. The Bertz CT molecular complexity index is 473. The third kappa shape index (κ3) is 3.60. The molecule has 90 valence electrons. The number of thiophene rings is 1. The number of hydrogen-bond acceptors (Lipinski definition) is 3. The molecule has 0 saturated carbocycles. The van der Waals surface area contributed by atoms with Gasteiger partial charge in [0.05, 0.1) is 0 Å². The van der Waals surface area contributed by atoms with Gasteiger partial charge in [0, 0.05) is 21.6 Å². The van der Waals surface area contributed by atoms with Gasteiger partial charge in [0.1, 0.15) is 0 Å². The lowest BCUT2D eigenvalue weighted by Crippen LogP contribution is -2.11. The molecule has 3 heteroatoms. The molecule has 0 aliphatic heterocycles. The van der Waals surface area contributed by atoms with Crippen LogP contribution in [0.15, 0.2) is 40.6 Å². The number of aryl methyl sites for hydroxylation is 2. The first-order valence-corrected chi connectivity index (χ1v) is 7.52. The highest BCUT2D eigenvalue weighted by Crippen LogP contribution is 2.26. The van der Waals surface area contributed by atoms with Crippen molar-refractivity contribution in [2.45, 2.75) is 24.8 Å². The molecule has 1 unspecified atom stereocenters. The zero-order chi connectivity index (χ0) is 12.3. The SMILES string of the molecule is Cc1ccc(SCC(N)c2csc(C)c2)cc1. The fourth-order valence-electron chi connectivity index (χ4n) is 1.57. The average molecular weight is 263 g/mol. The molecular weight excluding hydrogens is 246 g/mol. The number of nitrogens with two attached hydrogens (primary N) is 1. The summed E-state index contributed by atoms with van der Waals surface area (Å²) in [5, 5.41) is 2.16. The van der Waals surface area contributed by atoms with Crippen molar-refractivity contribution in [3.8, 4) is 0 Å². The van der Waals surface area contributed by atoms with Gasteiger partial charge < -0.3 is 5.73 Å². The predicted molar refractivity (Wildman–Crippen MR) is 77.9 cm³/mol. The summed E-state index contributed by atoms with van der Waals surface area (Å²) in [7, 11) is 0. The first-order chi connectivity index (χ1) is 8.15. The molecule has 0 bridgehead atoms. The standard InChI is InChI=1S/C14H17NS2/c1-10-3-5-13(6-4-10)17-9-14(15)12-7-11(2)16-8-12/h3-8,14H,9,15H2,1-2H3. The van der Waals surface area contributed by atoms with Crippen molar-refractivity contribution in [3.63, 3.8) is 0 Å². The van der Waals surface area contributed by atoms with E-state index in [-0.39, 0.29) is 6.04 Å². The van der Waals surface area contributed by atoms with Gasteiger partial charge in [-0.3, -0.25) is 0 Å². The lowest BCUT2D eigenvalue weighted by atomic mass is 10.2. The normalized spacial score (nSPS) is 12.6. The maximum atomic E-state index is 6.17. The fraction of sp³-hybridized carbons (Fsp3) is 0.286. The van der Waals surface area contributed by atoms with Crippen LogP contribution in [0.4, 0.5) is 0 Å². The van der Waals surface area contributed by atoms with E-state index in [9.17, 15) is 0 Å². The van der Waals surface area contributed by atoms with Crippen LogP contribution in [0.5, 0.6) is 0 Å². The lowest BCUT2D eigenvalue weighted by Gasteiger charge is -2.09. The second-order valence-electron chi connectivity index (χ2n) is 4.22. The summed E-state index contributed by atoms with van der Waals surface area (Å²) in [5.74, 6) is 0.930. The third-order valence-electron chi connectivity index (χ3n) is 2.63. The van der Waals surface area contributed by atoms with Crippen LogP contribution in [0.2, 0.25) is 0 Å². The zero-order valence-corrected chi connectivity index (χ0v) is 11.8. The number of benzene rings is 1. The number of thioether (sulfide) groups is 1. The Morgan fingerprint density at radius 2 is 1.94 bits per heavy atom. The van der Waals surface area contributed by atoms with Crippen molar-refractivity contribution in [1.82, 2.24) is 0 Å². The molecule has 0 saturated heterocycles. The van der Waals surface area contributed by atoms with Crippen LogP contribution in [0.25, 0.3) is 0 Å². The van der Waals surface area contributed by atoms with Crippen LogP contribution in [0.1, 0.15) is 22.0 Å². The highest BCUT2D eigenvalue weighted by Gasteiger charge is 2.08. The number of hydrogen-bond donors (Lipinski definition) is 1. The Kier molecular flexibility index (Phi) is 4.26. The van der Waals surface area contributed by atoms with E-state index in [1.54, 1.807) is 11.3 Å². The molecule has 1 aromatic heterocycles. The third-order valence-corrected chi connectivity index (χ3v) is 4.64. The minimum absolute atomic E-state index is 0.131. The minimum Gasteiger partial charge on any atom is -0.323 e. The highest BCUT2D eigenvalue weighted by molar-refractivity contribution is 7.99. The molecule has 0 aliphatic rings. The minimum atomic E-state index is 0.131. The molecule has 2 rings (SSSR count). The summed E-state index contributed by atoms with van der Waals surface area (Å²) in [6.45, 7) is 4.22. The van der Waals surface area contributed by atoms with Crippen LogP contribution in [-0.2, 0) is 0 Å². The summed E-state index contributed by atoms with van der Waals surface area (Å²) in [4.78, 5) is 2.62. The Hall–Kier alpha value is -0.770. The first-order valence-electron chi connectivity index (χ1n) is 5.65. The van der Waals surface area contributed by atoms with E-state index in [2.05, 4.69) is 49.6 Å². The molecule has 1 nitrogen and oxygen atoms in total. The second kappa shape index (κ2) is 5.71. The molecule has 1 aromatic carbocycles. The molecule has 2 aromatic rings. The van der Waals surface area contributed by atoms with Crippen molar-refractivity contribution >= 4 is 23.1 Å². The van der Waals surface area contributed by atoms with Crippen LogP contribution in [0, 0.1) is 13.8 Å². The Labute approximate surface area is 111 Å². The molecule has 0 aliphatic carbocycles. The fourth-order valence-corrected chi connectivity index (χ4v) is 3.24. The molecular formula is C14H17NS2. The summed E-state index contributed by atoms with van der Waals surface area (Å²) in [5.41, 5.74) is 8.73. The maximum absolute atomic E-state index is 6.17. The molecule has 1 atom stereocenters. The molecule has 0 fully saturated rings. The van der Waals surface area contributed by atoms with Gasteiger partial charge in [-0.05, 0) is 43.0 Å². The summed E-state index contributed by atoms with van der Waals surface area (Å²) < 4.78 is 0. The second-order valence-corrected chi connectivity index (χ2v) is 6.43. The summed E-state index contributed by atoms with van der Waals surface area (Å²) in [6, 6.07) is 10.9. The van der Waals surface area contributed by atoms with Crippen LogP contribution < -0.4 is 5.73 Å². The van der Waals surface area contributed by atoms with Gasteiger partial charge in [-0.2, -0.15) is 0 Å². The van der Waals surface area contributed by atoms with Gasteiger partial charge in [-0.1, -0.05) is 17.7 Å². The van der Waals surface area contributed by atoms with E-state index in [0.717, 1.165) is 5.75 Å². The predicted octanol–water partition coefficient (Wildman–Crippen LogP) is 4.16. The van der Waals surface area contributed by atoms with Gasteiger partial charge in [-0.15, -0.1) is 23.1 Å². The van der Waals surface area contributed by atoms with Gasteiger partial charge >= 0.3 is 0 Å². The summed E-state index contributed by atoms with van der Waals surface area (Å²) >= 11 is 3.59. The van der Waals surface area contributed by atoms with Crippen LogP contribution in [-0.4, -0.2) is 5.75 Å². The average Bonchev–Trinajstić information content (AvgIpc) is 2.75. The quantitative estimate of drug-likeness (QED) is 0.838. The van der Waals surface area contributed by atoms with Gasteiger partial charge in [0.15, 0.2) is 0 Å².